The fourth-order valence-corrected chi connectivity index (χ4v) is 6.69. The fraction of sp³-hybridized carbons (Fsp3) is 0.364. The number of nitrogens with zero attached hydrogens (tertiary/aromatic N) is 2. The van der Waals surface area contributed by atoms with Gasteiger partial charge in [-0.25, -0.2) is 21.7 Å². The molecule has 0 atom stereocenters. The summed E-state index contributed by atoms with van der Waals surface area (Å²) in [7, 11) is -5.41. The molecule has 13 heteroatoms. The summed E-state index contributed by atoms with van der Waals surface area (Å²) in [6.07, 6.45) is 1.56. The highest BCUT2D eigenvalue weighted by Crippen LogP contribution is 2.36. The molecule has 2 fully saturated rings. The molecule has 188 valence electrons. The second-order valence-electron chi connectivity index (χ2n) is 8.04. The summed E-state index contributed by atoms with van der Waals surface area (Å²) in [6, 6.07) is 7.71. The number of hydrogen-bond acceptors (Lipinski definition) is 8. The molecule has 2 aliphatic heterocycles. The van der Waals surface area contributed by atoms with Gasteiger partial charge in [-0.1, -0.05) is 0 Å². The molecule has 0 bridgehead atoms. The van der Waals surface area contributed by atoms with Crippen LogP contribution in [0.4, 0.5) is 11.4 Å². The number of hydrogen-bond donors (Lipinski definition) is 1. The van der Waals surface area contributed by atoms with Crippen molar-refractivity contribution in [2.75, 3.05) is 36.9 Å². The summed E-state index contributed by atoms with van der Waals surface area (Å²) >= 11 is 0. The third-order valence-electron chi connectivity index (χ3n) is 5.87. The van der Waals surface area contributed by atoms with Crippen molar-refractivity contribution in [3.63, 3.8) is 0 Å². The maximum absolute atomic E-state index is 13.3. The molecule has 2 aromatic carbocycles. The molecule has 0 aromatic heterocycles. The number of sulfonamides is 2. The highest BCUT2D eigenvalue weighted by Gasteiger charge is 2.34. The number of carbonyl (C=O) groups excluding carboxylic acids is 2. The molecule has 0 aliphatic carbocycles. The average molecular weight is 524 g/mol. The molecule has 0 unspecified atom stereocenters. The molecule has 2 saturated heterocycles. The lowest BCUT2D eigenvalue weighted by Gasteiger charge is -2.20. The zero-order valence-electron chi connectivity index (χ0n) is 19.2. The first-order chi connectivity index (χ1) is 16.6. The van der Waals surface area contributed by atoms with Crippen LogP contribution in [0.2, 0.25) is 0 Å². The number of methoxy groups -OCH3 is 2. The average Bonchev–Trinajstić information content (AvgIpc) is 3.49. The molecule has 4 rings (SSSR count). The summed E-state index contributed by atoms with van der Waals surface area (Å²) in [5.74, 6) is -0.647. The van der Waals surface area contributed by atoms with Gasteiger partial charge >= 0.3 is 0 Å². The van der Waals surface area contributed by atoms with E-state index in [1.165, 1.54) is 54.9 Å². The van der Waals surface area contributed by atoms with Gasteiger partial charge < -0.3 is 9.47 Å². The normalized spacial score (nSPS) is 17.1. The van der Waals surface area contributed by atoms with E-state index in [9.17, 15) is 26.4 Å². The first kappa shape index (κ1) is 24.9. The van der Waals surface area contributed by atoms with Gasteiger partial charge in [-0.05, 0) is 49.2 Å². The maximum atomic E-state index is 13.3. The van der Waals surface area contributed by atoms with Gasteiger partial charge in [-0.3, -0.25) is 14.3 Å². The Kier molecular flexibility index (Phi) is 6.75. The van der Waals surface area contributed by atoms with Crippen LogP contribution in [0.1, 0.15) is 25.7 Å². The van der Waals surface area contributed by atoms with Gasteiger partial charge in [0.25, 0.3) is 10.0 Å². The number of nitrogens with one attached hydrogen (secondary N) is 1. The number of anilines is 2. The van der Waals surface area contributed by atoms with Crippen molar-refractivity contribution >= 4 is 43.2 Å². The summed E-state index contributed by atoms with van der Waals surface area (Å²) in [5.41, 5.74) is -0.0568. The summed E-state index contributed by atoms with van der Waals surface area (Å²) in [5, 5.41) is 0. The Morgan fingerprint density at radius 2 is 1.37 bits per heavy atom. The van der Waals surface area contributed by atoms with E-state index in [4.69, 9.17) is 9.47 Å². The highest BCUT2D eigenvalue weighted by molar-refractivity contribution is 7.92. The van der Waals surface area contributed by atoms with E-state index < -0.39 is 31.9 Å². The lowest BCUT2D eigenvalue weighted by molar-refractivity contribution is -0.121. The lowest BCUT2D eigenvalue weighted by Crippen LogP contribution is -2.29. The van der Waals surface area contributed by atoms with Crippen molar-refractivity contribution in [1.29, 1.82) is 0 Å². The number of carbonyl (C=O) groups is 2. The molecule has 11 nitrogen and oxygen atoms in total. The SMILES string of the molecule is COc1ccc(S(=O)(=O)N2CCCC2)cc1NS(=O)(=O)c1ccc(OC)c(N2C(=O)CCC2=O)c1. The Morgan fingerprint density at radius 3 is 1.97 bits per heavy atom. The monoisotopic (exact) mass is 523 g/mol. The Labute approximate surface area is 203 Å². The van der Waals surface area contributed by atoms with Crippen molar-refractivity contribution in [3.8, 4) is 11.5 Å². The highest BCUT2D eigenvalue weighted by atomic mass is 32.2. The smallest absolute Gasteiger partial charge is 0.262 e. The summed E-state index contributed by atoms with van der Waals surface area (Å²) in [6.45, 7) is 0.802. The minimum atomic E-state index is -4.28. The van der Waals surface area contributed by atoms with Crippen LogP contribution in [0.15, 0.2) is 46.2 Å². The number of benzene rings is 2. The topological polar surface area (TPSA) is 139 Å². The van der Waals surface area contributed by atoms with Crippen LogP contribution in [0.5, 0.6) is 11.5 Å². The molecule has 2 aromatic rings. The van der Waals surface area contributed by atoms with Crippen LogP contribution in [0.3, 0.4) is 0 Å². The Morgan fingerprint density at radius 1 is 0.800 bits per heavy atom. The van der Waals surface area contributed by atoms with Gasteiger partial charge in [0.2, 0.25) is 21.8 Å². The Hall–Kier alpha value is -3.16. The van der Waals surface area contributed by atoms with E-state index in [1.807, 2.05) is 0 Å². The zero-order chi connectivity index (χ0) is 25.4. The molecule has 0 saturated carbocycles. The van der Waals surface area contributed by atoms with Crippen molar-refractivity contribution < 1.29 is 35.9 Å². The quantitative estimate of drug-likeness (QED) is 0.518. The van der Waals surface area contributed by atoms with Crippen LogP contribution in [-0.2, 0) is 29.6 Å². The summed E-state index contributed by atoms with van der Waals surface area (Å²) in [4.78, 5) is 25.1. The van der Waals surface area contributed by atoms with Gasteiger partial charge in [0.15, 0.2) is 0 Å². The fourth-order valence-electron chi connectivity index (χ4n) is 4.07. The van der Waals surface area contributed by atoms with Crippen LogP contribution in [-0.4, -0.2) is 60.3 Å². The number of rotatable bonds is 8. The van der Waals surface area contributed by atoms with Gasteiger partial charge in [-0.2, -0.15) is 4.31 Å². The van der Waals surface area contributed by atoms with E-state index in [0.717, 1.165) is 17.7 Å². The van der Waals surface area contributed by atoms with E-state index >= 15 is 0 Å². The predicted molar refractivity (Wildman–Crippen MR) is 127 cm³/mol. The van der Waals surface area contributed by atoms with Crippen LogP contribution in [0.25, 0.3) is 0 Å². The first-order valence-corrected chi connectivity index (χ1v) is 13.8. The van der Waals surface area contributed by atoms with Crippen molar-refractivity contribution in [2.45, 2.75) is 35.5 Å². The largest absolute Gasteiger partial charge is 0.495 e. The molecule has 35 heavy (non-hydrogen) atoms. The van der Waals surface area contributed by atoms with E-state index in [1.54, 1.807) is 0 Å². The van der Waals surface area contributed by atoms with E-state index in [2.05, 4.69) is 4.72 Å². The van der Waals surface area contributed by atoms with Crippen LogP contribution in [0, 0.1) is 0 Å². The predicted octanol–water partition coefficient (Wildman–Crippen LogP) is 1.94. The van der Waals surface area contributed by atoms with Crippen LogP contribution < -0.4 is 19.1 Å². The van der Waals surface area contributed by atoms with Crippen molar-refractivity contribution in [1.82, 2.24) is 4.31 Å². The minimum Gasteiger partial charge on any atom is -0.495 e. The Balaban J connectivity index is 1.72. The molecule has 2 heterocycles. The molecule has 0 spiro atoms. The van der Waals surface area contributed by atoms with Gasteiger partial charge in [0.05, 0.1) is 35.4 Å². The molecular weight excluding hydrogens is 498 g/mol. The lowest BCUT2D eigenvalue weighted by atomic mass is 10.2. The van der Waals surface area contributed by atoms with Crippen molar-refractivity contribution in [3.05, 3.63) is 36.4 Å². The van der Waals surface area contributed by atoms with Crippen LogP contribution >= 0.6 is 0 Å². The molecule has 2 aliphatic rings. The number of amides is 2. The number of imide groups is 1. The third-order valence-corrected chi connectivity index (χ3v) is 9.13. The molecule has 0 radical (unpaired) electrons. The standard InChI is InChI=1S/C22H25N3O8S2/c1-32-19-7-6-16(35(30,31)24-11-3-4-12-24)13-17(19)23-34(28,29)15-5-8-20(33-2)18(14-15)25-21(26)9-10-22(25)27/h5-8,13-14,23H,3-4,9-12H2,1-2H3. The molecular formula is C22H25N3O8S2. The first-order valence-electron chi connectivity index (χ1n) is 10.8. The second kappa shape index (κ2) is 9.47. The molecule has 1 N–H and O–H groups in total. The minimum absolute atomic E-state index is 0.0141. The van der Waals surface area contributed by atoms with Gasteiger partial charge in [0.1, 0.15) is 11.5 Å². The zero-order valence-corrected chi connectivity index (χ0v) is 20.8. The Bertz CT molecular complexity index is 1370. The molecule has 2 amide bonds. The van der Waals surface area contributed by atoms with Crippen molar-refractivity contribution in [2.24, 2.45) is 0 Å². The summed E-state index contributed by atoms with van der Waals surface area (Å²) < 4.78 is 66.6. The third kappa shape index (κ3) is 4.70. The van der Waals surface area contributed by atoms with Gasteiger partial charge in [0, 0.05) is 25.9 Å². The number of ether oxygens (including phenoxy) is 2. The van der Waals surface area contributed by atoms with E-state index in [-0.39, 0.29) is 45.5 Å². The second-order valence-corrected chi connectivity index (χ2v) is 11.7. The van der Waals surface area contributed by atoms with E-state index in [0.29, 0.717) is 13.1 Å². The maximum Gasteiger partial charge on any atom is 0.262 e. The van der Waals surface area contributed by atoms with Gasteiger partial charge in [-0.15, -0.1) is 0 Å².